The molecule has 7 nitrogen and oxygen atoms in total. The van der Waals surface area contributed by atoms with E-state index in [1.807, 2.05) is 6.07 Å². The SMILES string of the molecule is NC/C(=C\F)Cn1nc2cc(-c3cccc(C[SH](=O)=O)c3)ccn2c1=O. The van der Waals surface area contributed by atoms with Crippen LogP contribution in [-0.2, 0) is 23.0 Å². The van der Waals surface area contributed by atoms with Crippen LogP contribution in [0.5, 0.6) is 0 Å². The van der Waals surface area contributed by atoms with E-state index in [-0.39, 0.29) is 24.4 Å². The minimum Gasteiger partial charge on any atom is -0.327 e. The fourth-order valence-electron chi connectivity index (χ4n) is 2.63. The first kappa shape index (κ1) is 18.0. The van der Waals surface area contributed by atoms with Crippen molar-refractivity contribution in [3.8, 4) is 11.1 Å². The number of halogens is 1. The summed E-state index contributed by atoms with van der Waals surface area (Å²) in [5.41, 5.74) is 7.98. The van der Waals surface area contributed by atoms with E-state index in [1.54, 1.807) is 36.5 Å². The molecule has 2 heterocycles. The molecule has 0 atom stereocenters. The lowest BCUT2D eigenvalue weighted by atomic mass is 10.0. The van der Waals surface area contributed by atoms with Crippen molar-refractivity contribution in [1.29, 1.82) is 0 Å². The number of benzene rings is 1. The van der Waals surface area contributed by atoms with E-state index in [0.29, 0.717) is 17.5 Å². The molecule has 26 heavy (non-hydrogen) atoms. The van der Waals surface area contributed by atoms with Gasteiger partial charge in [-0.25, -0.2) is 22.3 Å². The van der Waals surface area contributed by atoms with E-state index in [4.69, 9.17) is 5.73 Å². The van der Waals surface area contributed by atoms with Gasteiger partial charge in [0, 0.05) is 12.7 Å². The van der Waals surface area contributed by atoms with Crippen LogP contribution < -0.4 is 11.4 Å². The molecule has 0 bridgehead atoms. The predicted octanol–water partition coefficient (Wildman–Crippen LogP) is 1.09. The third-order valence-electron chi connectivity index (χ3n) is 3.93. The highest BCUT2D eigenvalue weighted by atomic mass is 32.2. The molecule has 0 radical (unpaired) electrons. The summed E-state index contributed by atoms with van der Waals surface area (Å²) in [6.07, 6.45) is 1.97. The average Bonchev–Trinajstić information content (AvgIpc) is 2.94. The molecule has 0 unspecified atom stereocenters. The van der Waals surface area contributed by atoms with Gasteiger partial charge in [0.25, 0.3) is 0 Å². The number of fused-ring (bicyclic) bond motifs is 1. The summed E-state index contributed by atoms with van der Waals surface area (Å²) in [7, 11) is -2.51. The summed E-state index contributed by atoms with van der Waals surface area (Å²) in [5.74, 6) is -0.0308. The van der Waals surface area contributed by atoms with Crippen LogP contribution in [0.15, 0.2) is 59.3 Å². The molecule has 9 heteroatoms. The van der Waals surface area contributed by atoms with Gasteiger partial charge in [0.2, 0.25) is 0 Å². The second-order valence-corrected chi connectivity index (χ2v) is 6.73. The number of thiol groups is 1. The first-order chi connectivity index (χ1) is 12.5. The smallest absolute Gasteiger partial charge is 0.327 e. The van der Waals surface area contributed by atoms with Gasteiger partial charge in [-0.3, -0.25) is 4.40 Å². The van der Waals surface area contributed by atoms with Crippen molar-refractivity contribution < 1.29 is 12.8 Å². The molecule has 2 aromatic heterocycles. The first-order valence-electron chi connectivity index (χ1n) is 7.80. The minimum atomic E-state index is -2.51. The molecule has 2 N–H and O–H groups in total. The average molecular weight is 376 g/mol. The van der Waals surface area contributed by atoms with Gasteiger partial charge in [-0.05, 0) is 34.4 Å². The Morgan fingerprint density at radius 3 is 2.69 bits per heavy atom. The molecule has 0 aliphatic carbocycles. The molecule has 0 saturated carbocycles. The zero-order valence-corrected chi connectivity index (χ0v) is 14.6. The van der Waals surface area contributed by atoms with Crippen molar-refractivity contribution in [3.63, 3.8) is 0 Å². The third-order valence-corrected chi connectivity index (χ3v) is 4.55. The lowest BCUT2D eigenvalue weighted by molar-refractivity contribution is 0.614. The normalized spacial score (nSPS) is 12.2. The van der Waals surface area contributed by atoms with E-state index in [9.17, 15) is 17.6 Å². The summed E-state index contributed by atoms with van der Waals surface area (Å²) in [6, 6.07) is 10.6. The maximum absolute atomic E-state index is 12.7. The molecule has 3 aromatic rings. The van der Waals surface area contributed by atoms with Crippen LogP contribution in [0.25, 0.3) is 16.8 Å². The van der Waals surface area contributed by atoms with Gasteiger partial charge in [-0.1, -0.05) is 24.3 Å². The Morgan fingerprint density at radius 1 is 1.23 bits per heavy atom. The standard InChI is InChI=1S/C17H17FN4O3S/c18-8-13(9-19)10-22-17(23)21-5-4-15(7-16(21)20-22)14-3-1-2-12(6-14)11-26(24)25/h1-8,26H,9-11,19H2/b13-8+. The fraction of sp³-hybridized carbons (Fsp3) is 0.176. The van der Waals surface area contributed by atoms with Crippen molar-refractivity contribution in [3.05, 3.63) is 70.5 Å². The Hall–Kier alpha value is -2.78. The predicted molar refractivity (Wildman–Crippen MR) is 97.2 cm³/mol. The summed E-state index contributed by atoms with van der Waals surface area (Å²) in [6.45, 7) is -0.0221. The molecular formula is C17H17FN4O3S. The summed E-state index contributed by atoms with van der Waals surface area (Å²) in [4.78, 5) is 12.3. The third kappa shape index (κ3) is 3.73. The maximum atomic E-state index is 12.7. The van der Waals surface area contributed by atoms with E-state index >= 15 is 0 Å². The van der Waals surface area contributed by atoms with Crippen LogP contribution >= 0.6 is 0 Å². The van der Waals surface area contributed by atoms with Gasteiger partial charge >= 0.3 is 5.69 Å². The van der Waals surface area contributed by atoms with Crippen molar-refractivity contribution >= 4 is 16.4 Å². The van der Waals surface area contributed by atoms with Crippen LogP contribution in [0.1, 0.15) is 5.56 Å². The number of nitrogens with zero attached hydrogens (tertiary/aromatic N) is 3. The number of nitrogens with two attached hydrogens (primary N) is 1. The Labute approximate surface area is 150 Å². The molecule has 0 saturated heterocycles. The Kier molecular flexibility index (Phi) is 5.29. The number of rotatable bonds is 6. The van der Waals surface area contributed by atoms with Gasteiger partial charge in [0.1, 0.15) is 10.7 Å². The highest BCUT2D eigenvalue weighted by Gasteiger charge is 2.10. The molecular weight excluding hydrogens is 359 g/mol. The zero-order valence-electron chi connectivity index (χ0n) is 13.7. The second kappa shape index (κ2) is 7.63. The van der Waals surface area contributed by atoms with Crippen LogP contribution in [-0.4, -0.2) is 29.1 Å². The van der Waals surface area contributed by atoms with Crippen LogP contribution in [0, 0.1) is 0 Å². The molecule has 0 spiro atoms. The Bertz CT molecular complexity index is 1110. The van der Waals surface area contributed by atoms with E-state index in [1.165, 1.54) is 4.40 Å². The molecule has 0 aliphatic heterocycles. The quantitative estimate of drug-likeness (QED) is 0.628. The van der Waals surface area contributed by atoms with Crippen LogP contribution in [0.4, 0.5) is 4.39 Å². The highest BCUT2D eigenvalue weighted by molar-refractivity contribution is 7.71. The Balaban J connectivity index is 2.01. The topological polar surface area (TPSA) is 99.5 Å². The Morgan fingerprint density at radius 2 is 2.00 bits per heavy atom. The van der Waals surface area contributed by atoms with Gasteiger partial charge in [-0.2, -0.15) is 0 Å². The summed E-state index contributed by atoms with van der Waals surface area (Å²) >= 11 is 0. The van der Waals surface area contributed by atoms with E-state index in [0.717, 1.165) is 15.8 Å². The van der Waals surface area contributed by atoms with E-state index < -0.39 is 16.4 Å². The van der Waals surface area contributed by atoms with Crippen LogP contribution in [0.2, 0.25) is 0 Å². The monoisotopic (exact) mass is 376 g/mol. The second-order valence-electron chi connectivity index (χ2n) is 5.75. The lowest BCUT2D eigenvalue weighted by Crippen LogP contribution is -2.23. The molecule has 136 valence electrons. The number of aromatic nitrogens is 3. The van der Waals surface area contributed by atoms with Crippen molar-refractivity contribution in [1.82, 2.24) is 14.2 Å². The maximum Gasteiger partial charge on any atom is 0.350 e. The zero-order chi connectivity index (χ0) is 18.7. The molecule has 1 aromatic carbocycles. The molecule has 0 aliphatic rings. The van der Waals surface area contributed by atoms with Gasteiger partial charge < -0.3 is 5.73 Å². The molecule has 0 amide bonds. The largest absolute Gasteiger partial charge is 0.350 e. The molecule has 3 rings (SSSR count). The van der Waals surface area contributed by atoms with Crippen molar-refractivity contribution in [2.75, 3.05) is 6.54 Å². The van der Waals surface area contributed by atoms with Gasteiger partial charge in [-0.15, -0.1) is 5.10 Å². The van der Waals surface area contributed by atoms with Gasteiger partial charge in [0.05, 0.1) is 18.6 Å². The highest BCUT2D eigenvalue weighted by Crippen LogP contribution is 2.21. The first-order valence-corrected chi connectivity index (χ1v) is 9.16. The van der Waals surface area contributed by atoms with E-state index in [2.05, 4.69) is 5.10 Å². The summed E-state index contributed by atoms with van der Waals surface area (Å²) < 4.78 is 37.0. The number of hydrogen-bond acceptors (Lipinski definition) is 5. The lowest BCUT2D eigenvalue weighted by Gasteiger charge is -2.04. The van der Waals surface area contributed by atoms with Crippen molar-refractivity contribution in [2.24, 2.45) is 5.73 Å². The van der Waals surface area contributed by atoms with Gasteiger partial charge in [0.15, 0.2) is 5.65 Å². The molecule has 0 fully saturated rings. The number of hydrogen-bond donors (Lipinski definition) is 2. The summed E-state index contributed by atoms with van der Waals surface area (Å²) in [5, 5.41) is 4.21. The van der Waals surface area contributed by atoms with Crippen LogP contribution in [0.3, 0.4) is 0 Å². The fourth-order valence-corrected chi connectivity index (χ4v) is 3.13. The minimum absolute atomic E-state index is 0.00315. The number of pyridine rings is 1. The van der Waals surface area contributed by atoms with Crippen molar-refractivity contribution in [2.45, 2.75) is 12.3 Å².